The molecule has 2 unspecified atom stereocenters. The highest BCUT2D eigenvalue weighted by atomic mass is 16.5. The molecule has 0 radical (unpaired) electrons. The third-order valence-electron chi connectivity index (χ3n) is 6.93. The molecule has 4 nitrogen and oxygen atoms in total. The van der Waals surface area contributed by atoms with E-state index in [0.29, 0.717) is 25.9 Å². The van der Waals surface area contributed by atoms with Crippen molar-refractivity contribution >= 4 is 11.7 Å². The molecule has 34 heavy (non-hydrogen) atoms. The molecular weight excluding hydrogens is 422 g/mol. The second kappa shape index (κ2) is 9.68. The fraction of sp³-hybridized carbons (Fsp3) is 0.267. The van der Waals surface area contributed by atoms with Crippen LogP contribution in [0.1, 0.15) is 60.3 Å². The average Bonchev–Trinajstić information content (AvgIpc) is 2.87. The van der Waals surface area contributed by atoms with Crippen molar-refractivity contribution in [3.63, 3.8) is 0 Å². The maximum atomic E-state index is 13.3. The van der Waals surface area contributed by atoms with Crippen LogP contribution in [-0.2, 0) is 22.6 Å². The molecule has 0 spiro atoms. The molecule has 0 aromatic heterocycles. The van der Waals surface area contributed by atoms with Gasteiger partial charge in [0.05, 0.1) is 0 Å². The Kier molecular flexibility index (Phi) is 6.31. The van der Waals surface area contributed by atoms with Crippen molar-refractivity contribution in [3.8, 4) is 5.75 Å². The molecule has 3 aromatic carbocycles. The fourth-order valence-electron chi connectivity index (χ4n) is 5.04. The van der Waals surface area contributed by atoms with Gasteiger partial charge < -0.3 is 10.1 Å². The number of benzene rings is 3. The van der Waals surface area contributed by atoms with Gasteiger partial charge in [-0.25, -0.2) is 0 Å². The standard InChI is InChI=1S/C30H29NO3/c1-2-20-8-10-22(11-9-20)24-16-27-30(28(32)17-24)26(18-29(33)31-27)23-12-14-25(15-13-23)34-19-21-6-4-3-5-7-21/h3-15,24,26H,2,16-19H2,1H3,(H,31,33). The molecule has 1 aliphatic heterocycles. The normalized spacial score (nSPS) is 20.0. The maximum absolute atomic E-state index is 13.3. The average molecular weight is 452 g/mol. The van der Waals surface area contributed by atoms with Crippen molar-refractivity contribution in [2.24, 2.45) is 0 Å². The Balaban J connectivity index is 1.35. The van der Waals surface area contributed by atoms with Crippen LogP contribution in [-0.4, -0.2) is 11.7 Å². The lowest BCUT2D eigenvalue weighted by atomic mass is 9.73. The molecule has 1 amide bonds. The maximum Gasteiger partial charge on any atom is 0.225 e. The second-order valence-corrected chi connectivity index (χ2v) is 9.16. The number of carbonyl (C=O) groups is 2. The van der Waals surface area contributed by atoms with Gasteiger partial charge in [0, 0.05) is 30.0 Å². The zero-order valence-electron chi connectivity index (χ0n) is 19.4. The summed E-state index contributed by atoms with van der Waals surface area (Å²) in [6, 6.07) is 26.4. The van der Waals surface area contributed by atoms with Crippen molar-refractivity contribution in [1.29, 1.82) is 0 Å². The first-order valence-corrected chi connectivity index (χ1v) is 12.0. The highest BCUT2D eigenvalue weighted by molar-refractivity contribution is 6.02. The first kappa shape index (κ1) is 22.1. The molecule has 0 fully saturated rings. The predicted octanol–water partition coefficient (Wildman–Crippen LogP) is 5.83. The molecule has 5 rings (SSSR count). The Bertz CT molecular complexity index is 1210. The van der Waals surface area contributed by atoms with Crippen LogP contribution in [0.2, 0.25) is 0 Å². The molecule has 2 aliphatic rings. The van der Waals surface area contributed by atoms with Gasteiger partial charge in [-0.3, -0.25) is 9.59 Å². The smallest absolute Gasteiger partial charge is 0.225 e. The predicted molar refractivity (Wildman–Crippen MR) is 133 cm³/mol. The Hall–Kier alpha value is -3.66. The van der Waals surface area contributed by atoms with Crippen molar-refractivity contribution in [2.75, 3.05) is 0 Å². The summed E-state index contributed by atoms with van der Waals surface area (Å²) < 4.78 is 5.90. The highest BCUT2D eigenvalue weighted by Crippen LogP contribution is 2.42. The van der Waals surface area contributed by atoms with Crippen LogP contribution in [0.15, 0.2) is 90.1 Å². The summed E-state index contributed by atoms with van der Waals surface area (Å²) in [5, 5.41) is 3.02. The number of hydrogen-bond donors (Lipinski definition) is 1. The molecule has 172 valence electrons. The Morgan fingerprint density at radius 2 is 1.50 bits per heavy atom. The van der Waals surface area contributed by atoms with Crippen LogP contribution in [0.5, 0.6) is 5.75 Å². The topological polar surface area (TPSA) is 55.4 Å². The first-order valence-electron chi connectivity index (χ1n) is 12.0. The molecule has 0 saturated carbocycles. The van der Waals surface area contributed by atoms with Crippen LogP contribution in [0, 0.1) is 0 Å². The van der Waals surface area contributed by atoms with E-state index in [-0.39, 0.29) is 23.5 Å². The van der Waals surface area contributed by atoms with Crippen molar-refractivity contribution in [3.05, 3.63) is 112 Å². The second-order valence-electron chi connectivity index (χ2n) is 9.16. The third kappa shape index (κ3) is 4.67. The monoisotopic (exact) mass is 451 g/mol. The number of amides is 1. The molecule has 1 N–H and O–H groups in total. The Morgan fingerprint density at radius 3 is 2.21 bits per heavy atom. The number of ether oxygens (including phenoxy) is 1. The van der Waals surface area contributed by atoms with Gasteiger partial charge in [-0.2, -0.15) is 0 Å². The summed E-state index contributed by atoms with van der Waals surface area (Å²) in [5.74, 6) is 0.781. The summed E-state index contributed by atoms with van der Waals surface area (Å²) >= 11 is 0. The minimum Gasteiger partial charge on any atom is -0.489 e. The van der Waals surface area contributed by atoms with E-state index in [1.807, 2.05) is 54.6 Å². The van der Waals surface area contributed by atoms with Gasteiger partial charge >= 0.3 is 0 Å². The number of carbonyl (C=O) groups excluding carboxylic acids is 2. The fourth-order valence-corrected chi connectivity index (χ4v) is 5.04. The van der Waals surface area contributed by atoms with Crippen LogP contribution in [0.25, 0.3) is 0 Å². The molecule has 2 atom stereocenters. The number of allylic oxidation sites excluding steroid dienone is 2. The minimum atomic E-state index is -0.206. The number of hydrogen-bond acceptors (Lipinski definition) is 3. The van der Waals surface area contributed by atoms with Gasteiger partial charge in [-0.1, -0.05) is 73.7 Å². The van der Waals surface area contributed by atoms with Gasteiger partial charge in [0.1, 0.15) is 12.4 Å². The summed E-state index contributed by atoms with van der Waals surface area (Å²) in [7, 11) is 0. The van der Waals surface area contributed by atoms with Gasteiger partial charge in [0.15, 0.2) is 5.78 Å². The number of aryl methyl sites for hydroxylation is 1. The van der Waals surface area contributed by atoms with Gasteiger partial charge in [-0.15, -0.1) is 0 Å². The van der Waals surface area contributed by atoms with E-state index in [9.17, 15) is 9.59 Å². The summed E-state index contributed by atoms with van der Waals surface area (Å²) in [5.41, 5.74) is 6.11. The van der Waals surface area contributed by atoms with E-state index in [2.05, 4.69) is 36.5 Å². The quantitative estimate of drug-likeness (QED) is 0.513. The van der Waals surface area contributed by atoms with E-state index in [4.69, 9.17) is 4.74 Å². The van der Waals surface area contributed by atoms with Crippen LogP contribution < -0.4 is 10.1 Å². The zero-order valence-corrected chi connectivity index (χ0v) is 19.4. The molecule has 3 aromatic rings. The number of rotatable bonds is 6. The van der Waals surface area contributed by atoms with Crippen LogP contribution in [0.3, 0.4) is 0 Å². The molecule has 0 bridgehead atoms. The summed E-state index contributed by atoms with van der Waals surface area (Å²) in [6.07, 6.45) is 2.46. The van der Waals surface area contributed by atoms with E-state index in [0.717, 1.165) is 40.1 Å². The highest BCUT2D eigenvalue weighted by Gasteiger charge is 2.38. The van der Waals surface area contributed by atoms with Crippen molar-refractivity contribution in [1.82, 2.24) is 5.32 Å². The lowest BCUT2D eigenvalue weighted by Crippen LogP contribution is -2.38. The third-order valence-corrected chi connectivity index (χ3v) is 6.93. The van der Waals surface area contributed by atoms with Crippen molar-refractivity contribution in [2.45, 2.75) is 51.0 Å². The lowest BCUT2D eigenvalue weighted by molar-refractivity contribution is -0.122. The van der Waals surface area contributed by atoms with E-state index in [1.165, 1.54) is 5.56 Å². The van der Waals surface area contributed by atoms with E-state index >= 15 is 0 Å². The van der Waals surface area contributed by atoms with Crippen LogP contribution in [0.4, 0.5) is 0 Å². The number of nitrogens with one attached hydrogen (secondary N) is 1. The largest absolute Gasteiger partial charge is 0.489 e. The molecule has 4 heteroatoms. The molecule has 1 heterocycles. The van der Waals surface area contributed by atoms with Crippen LogP contribution >= 0.6 is 0 Å². The summed E-state index contributed by atoms with van der Waals surface area (Å²) in [6.45, 7) is 2.64. The van der Waals surface area contributed by atoms with Gasteiger partial charge in [-0.05, 0) is 53.1 Å². The van der Waals surface area contributed by atoms with Gasteiger partial charge in [0.25, 0.3) is 0 Å². The molecule has 0 saturated heterocycles. The SMILES string of the molecule is CCc1ccc(C2CC(=O)C3=C(C2)NC(=O)CC3c2ccc(OCc3ccccc3)cc2)cc1. The first-order chi connectivity index (χ1) is 16.6. The zero-order chi connectivity index (χ0) is 23.5. The lowest BCUT2D eigenvalue weighted by Gasteiger charge is -2.34. The summed E-state index contributed by atoms with van der Waals surface area (Å²) in [4.78, 5) is 25.9. The Labute approximate surface area is 200 Å². The van der Waals surface area contributed by atoms with Gasteiger partial charge in [0.2, 0.25) is 5.91 Å². The number of Topliss-reactive ketones (excluding diaryl/α,β-unsaturated/α-hetero) is 1. The van der Waals surface area contributed by atoms with E-state index < -0.39 is 0 Å². The Morgan fingerprint density at radius 1 is 0.794 bits per heavy atom. The number of ketones is 1. The molecule has 1 aliphatic carbocycles. The van der Waals surface area contributed by atoms with E-state index in [1.54, 1.807) is 0 Å². The minimum absolute atomic E-state index is 0.0251. The molecular formula is C30H29NO3. The van der Waals surface area contributed by atoms with Crippen molar-refractivity contribution < 1.29 is 14.3 Å².